The Morgan fingerprint density at radius 1 is 1.16 bits per heavy atom. The number of methoxy groups -OCH3 is 1. The molecule has 0 radical (unpaired) electrons. The van der Waals surface area contributed by atoms with Gasteiger partial charge in [-0.05, 0) is 30.3 Å². The molecule has 2 N–H and O–H groups in total. The van der Waals surface area contributed by atoms with Crippen LogP contribution in [0.2, 0.25) is 5.02 Å². The van der Waals surface area contributed by atoms with Gasteiger partial charge in [0.2, 0.25) is 5.91 Å². The Balaban J connectivity index is 1.81. The van der Waals surface area contributed by atoms with E-state index in [1.54, 1.807) is 30.3 Å². The van der Waals surface area contributed by atoms with E-state index in [0.29, 0.717) is 33.1 Å². The van der Waals surface area contributed by atoms with Crippen molar-refractivity contribution < 1.29 is 18.7 Å². The Morgan fingerprint density at radius 2 is 1.96 bits per heavy atom. The van der Waals surface area contributed by atoms with Gasteiger partial charge in [-0.1, -0.05) is 11.6 Å². The Kier molecular flexibility index (Phi) is 4.58. The second-order valence-corrected chi connectivity index (χ2v) is 5.59. The Hall–Kier alpha value is -3.06. The molecular formula is C17H14ClN3O4. The van der Waals surface area contributed by atoms with Crippen LogP contribution in [0.1, 0.15) is 17.3 Å². The van der Waals surface area contributed by atoms with Crippen molar-refractivity contribution in [1.29, 1.82) is 0 Å². The fourth-order valence-electron chi connectivity index (χ4n) is 2.24. The lowest BCUT2D eigenvalue weighted by Crippen LogP contribution is -2.12. The van der Waals surface area contributed by atoms with E-state index in [1.807, 2.05) is 0 Å². The van der Waals surface area contributed by atoms with Crippen LogP contribution < -0.4 is 15.4 Å². The number of nitrogens with one attached hydrogen (secondary N) is 2. The molecule has 0 bridgehead atoms. The van der Waals surface area contributed by atoms with Gasteiger partial charge in [-0.25, -0.2) is 0 Å². The monoisotopic (exact) mass is 359 g/mol. The second-order valence-electron chi connectivity index (χ2n) is 5.19. The summed E-state index contributed by atoms with van der Waals surface area (Å²) in [5.74, 6) is -0.132. The van der Waals surface area contributed by atoms with Crippen molar-refractivity contribution in [3.8, 4) is 5.75 Å². The third-order valence-corrected chi connectivity index (χ3v) is 3.64. The quantitative estimate of drug-likeness (QED) is 0.740. The van der Waals surface area contributed by atoms with E-state index in [4.69, 9.17) is 20.8 Å². The van der Waals surface area contributed by atoms with Crippen LogP contribution in [-0.2, 0) is 4.79 Å². The number of amides is 2. The molecule has 0 aliphatic rings. The summed E-state index contributed by atoms with van der Waals surface area (Å²) in [5, 5.41) is 5.54. The van der Waals surface area contributed by atoms with E-state index in [0.717, 1.165) is 0 Å². The standard InChI is InChI=1S/C17H14ClN3O4/c1-9(22)19-11-4-5-13-15(8-11)25-17(20-13)21-16(23)10-3-6-14(24-2)12(18)7-10/h3-8H,1-2H3,(H,19,22)(H,20,21,23). The molecule has 7 nitrogen and oxygen atoms in total. The zero-order valence-corrected chi connectivity index (χ0v) is 14.2. The summed E-state index contributed by atoms with van der Waals surface area (Å²) >= 11 is 6.02. The number of hydrogen-bond donors (Lipinski definition) is 2. The predicted molar refractivity (Wildman–Crippen MR) is 94.3 cm³/mol. The Bertz CT molecular complexity index is 968. The summed E-state index contributed by atoms with van der Waals surface area (Å²) in [6.45, 7) is 1.41. The number of anilines is 2. The molecule has 0 unspecified atom stereocenters. The highest BCUT2D eigenvalue weighted by Crippen LogP contribution is 2.26. The van der Waals surface area contributed by atoms with Crippen molar-refractivity contribution in [2.75, 3.05) is 17.7 Å². The summed E-state index contributed by atoms with van der Waals surface area (Å²) in [4.78, 5) is 27.6. The molecule has 0 saturated heterocycles. The average molecular weight is 360 g/mol. The summed E-state index contributed by atoms with van der Waals surface area (Å²) in [5.41, 5.74) is 1.91. The number of aromatic nitrogens is 1. The van der Waals surface area contributed by atoms with Gasteiger partial charge in [0, 0.05) is 24.2 Å². The van der Waals surface area contributed by atoms with Crippen LogP contribution >= 0.6 is 11.6 Å². The first-order chi connectivity index (χ1) is 12.0. The SMILES string of the molecule is COc1ccc(C(=O)Nc2nc3ccc(NC(C)=O)cc3o2)cc1Cl. The van der Waals surface area contributed by atoms with Crippen LogP contribution in [0.15, 0.2) is 40.8 Å². The smallest absolute Gasteiger partial charge is 0.302 e. The molecule has 0 aliphatic carbocycles. The number of halogens is 1. The Labute approximate surface area is 147 Å². The molecule has 25 heavy (non-hydrogen) atoms. The number of rotatable bonds is 4. The van der Waals surface area contributed by atoms with Gasteiger partial charge in [0.15, 0.2) is 5.58 Å². The normalized spacial score (nSPS) is 10.5. The molecule has 0 fully saturated rings. The number of hydrogen-bond acceptors (Lipinski definition) is 5. The molecule has 2 aromatic carbocycles. The molecule has 3 rings (SSSR count). The molecule has 0 saturated carbocycles. The van der Waals surface area contributed by atoms with E-state index in [9.17, 15) is 9.59 Å². The topological polar surface area (TPSA) is 93.5 Å². The summed E-state index contributed by atoms with van der Waals surface area (Å²) in [6.07, 6.45) is 0. The first-order valence-electron chi connectivity index (χ1n) is 7.29. The van der Waals surface area contributed by atoms with Gasteiger partial charge in [-0.15, -0.1) is 0 Å². The van der Waals surface area contributed by atoms with Gasteiger partial charge >= 0.3 is 6.01 Å². The molecule has 0 spiro atoms. The summed E-state index contributed by atoms with van der Waals surface area (Å²) < 4.78 is 10.6. The lowest BCUT2D eigenvalue weighted by molar-refractivity contribution is -0.114. The number of benzene rings is 2. The van der Waals surface area contributed by atoms with Gasteiger partial charge < -0.3 is 14.5 Å². The van der Waals surface area contributed by atoms with Crippen LogP contribution in [0.3, 0.4) is 0 Å². The lowest BCUT2D eigenvalue weighted by Gasteiger charge is -2.05. The summed E-state index contributed by atoms with van der Waals surface area (Å²) in [6, 6.07) is 9.73. The highest BCUT2D eigenvalue weighted by Gasteiger charge is 2.13. The number of nitrogens with zero attached hydrogens (tertiary/aromatic N) is 1. The molecule has 128 valence electrons. The third kappa shape index (κ3) is 3.72. The Morgan fingerprint density at radius 3 is 2.64 bits per heavy atom. The molecule has 3 aromatic rings. The van der Waals surface area contributed by atoms with E-state index in [2.05, 4.69) is 15.6 Å². The molecule has 1 heterocycles. The molecule has 8 heteroatoms. The van der Waals surface area contributed by atoms with Crippen LogP contribution in [0.25, 0.3) is 11.1 Å². The zero-order chi connectivity index (χ0) is 18.0. The number of ether oxygens (including phenoxy) is 1. The molecule has 1 aromatic heterocycles. The zero-order valence-electron chi connectivity index (χ0n) is 13.4. The fraction of sp³-hybridized carbons (Fsp3) is 0.118. The van der Waals surface area contributed by atoms with Gasteiger partial charge in [-0.3, -0.25) is 14.9 Å². The summed E-state index contributed by atoms with van der Waals surface area (Å²) in [7, 11) is 1.49. The second kappa shape index (κ2) is 6.82. The predicted octanol–water partition coefficient (Wildman–Crippen LogP) is 3.70. The highest BCUT2D eigenvalue weighted by molar-refractivity contribution is 6.32. The van der Waals surface area contributed by atoms with Crippen LogP contribution in [-0.4, -0.2) is 23.9 Å². The van der Waals surface area contributed by atoms with E-state index < -0.39 is 5.91 Å². The van der Waals surface area contributed by atoms with Gasteiger partial charge in [0.05, 0.1) is 12.1 Å². The maximum Gasteiger partial charge on any atom is 0.302 e. The van der Waals surface area contributed by atoms with Crippen molar-refractivity contribution in [1.82, 2.24) is 4.98 Å². The minimum Gasteiger partial charge on any atom is -0.495 e. The van der Waals surface area contributed by atoms with Crippen molar-refractivity contribution >= 4 is 46.2 Å². The van der Waals surface area contributed by atoms with Crippen molar-refractivity contribution in [3.05, 3.63) is 47.0 Å². The average Bonchev–Trinajstić information content (AvgIpc) is 2.95. The van der Waals surface area contributed by atoms with E-state index in [1.165, 1.54) is 20.1 Å². The lowest BCUT2D eigenvalue weighted by atomic mass is 10.2. The maximum atomic E-state index is 12.3. The number of carbonyl (C=O) groups excluding carboxylic acids is 2. The highest BCUT2D eigenvalue weighted by atomic mass is 35.5. The fourth-order valence-corrected chi connectivity index (χ4v) is 2.49. The number of oxazole rings is 1. The van der Waals surface area contributed by atoms with Crippen molar-refractivity contribution in [2.24, 2.45) is 0 Å². The van der Waals surface area contributed by atoms with Gasteiger partial charge in [-0.2, -0.15) is 4.98 Å². The van der Waals surface area contributed by atoms with E-state index in [-0.39, 0.29) is 11.9 Å². The largest absolute Gasteiger partial charge is 0.495 e. The molecule has 0 atom stereocenters. The van der Waals surface area contributed by atoms with Crippen LogP contribution in [0.5, 0.6) is 5.75 Å². The molecule has 2 amide bonds. The van der Waals surface area contributed by atoms with Crippen LogP contribution in [0.4, 0.5) is 11.7 Å². The van der Waals surface area contributed by atoms with Crippen molar-refractivity contribution in [3.63, 3.8) is 0 Å². The molecular weight excluding hydrogens is 346 g/mol. The van der Waals surface area contributed by atoms with Gasteiger partial charge in [0.1, 0.15) is 11.3 Å². The number of carbonyl (C=O) groups is 2. The minimum absolute atomic E-state index is 0.0481. The third-order valence-electron chi connectivity index (χ3n) is 3.34. The van der Waals surface area contributed by atoms with Gasteiger partial charge in [0.25, 0.3) is 5.91 Å². The van der Waals surface area contributed by atoms with E-state index >= 15 is 0 Å². The first kappa shape index (κ1) is 16.8. The van der Waals surface area contributed by atoms with Crippen LogP contribution in [0, 0.1) is 0 Å². The molecule has 0 aliphatic heterocycles. The minimum atomic E-state index is -0.418. The number of fused-ring (bicyclic) bond motifs is 1. The maximum absolute atomic E-state index is 12.3. The first-order valence-corrected chi connectivity index (χ1v) is 7.67. The van der Waals surface area contributed by atoms with Crippen molar-refractivity contribution in [2.45, 2.75) is 6.92 Å².